The molecule has 0 radical (unpaired) electrons. The fraction of sp³-hybridized carbons (Fsp3) is 0.368. The molecule has 0 fully saturated rings. The summed E-state index contributed by atoms with van der Waals surface area (Å²) in [7, 11) is 0. The number of aromatic nitrogens is 3. The van der Waals surface area contributed by atoms with Gasteiger partial charge in [-0.15, -0.1) is 11.3 Å². The molecule has 0 saturated carbocycles. The Balaban J connectivity index is 1.57. The van der Waals surface area contributed by atoms with Crippen LogP contribution in [-0.2, 0) is 24.2 Å². The molecule has 3 aromatic rings. The number of benzene rings is 1. The number of anilines is 1. The third-order valence-electron chi connectivity index (χ3n) is 4.77. The van der Waals surface area contributed by atoms with Gasteiger partial charge in [0.15, 0.2) is 5.13 Å². The number of amides is 1. The molecule has 1 amide bonds. The van der Waals surface area contributed by atoms with E-state index in [9.17, 15) is 14.7 Å². The average Bonchev–Trinajstić information content (AvgIpc) is 2.87. The normalized spacial score (nSPS) is 14.0. The molecule has 140 valence electrons. The third-order valence-corrected chi connectivity index (χ3v) is 5.85. The fourth-order valence-electron chi connectivity index (χ4n) is 3.39. The van der Waals surface area contributed by atoms with E-state index in [0.29, 0.717) is 16.5 Å². The van der Waals surface area contributed by atoms with E-state index in [1.54, 1.807) is 13.0 Å². The maximum atomic E-state index is 12.7. The molecular formula is C19H20N4O3S. The summed E-state index contributed by atoms with van der Waals surface area (Å²) in [4.78, 5) is 35.4. The maximum Gasteiger partial charge on any atom is 0.261 e. The van der Waals surface area contributed by atoms with Crippen LogP contribution in [0.15, 0.2) is 23.0 Å². The predicted octanol–water partition coefficient (Wildman–Crippen LogP) is 2.77. The summed E-state index contributed by atoms with van der Waals surface area (Å²) in [6, 6.07) is 4.44. The van der Waals surface area contributed by atoms with Crippen molar-refractivity contribution in [2.45, 2.75) is 45.6 Å². The number of phenolic OH excluding ortho intramolecular Hbond substituents is 1. The first-order valence-electron chi connectivity index (χ1n) is 9.00. The summed E-state index contributed by atoms with van der Waals surface area (Å²) in [5.41, 5.74) is 1.23. The highest BCUT2D eigenvalue weighted by molar-refractivity contribution is 7.15. The lowest BCUT2D eigenvalue weighted by molar-refractivity contribution is -0.116. The minimum atomic E-state index is -0.349. The molecule has 2 aromatic heterocycles. The van der Waals surface area contributed by atoms with E-state index in [-0.39, 0.29) is 29.1 Å². The number of thiazole rings is 1. The van der Waals surface area contributed by atoms with Crippen molar-refractivity contribution >= 4 is 33.3 Å². The zero-order chi connectivity index (χ0) is 19.0. The van der Waals surface area contributed by atoms with Crippen molar-refractivity contribution in [2.24, 2.45) is 0 Å². The summed E-state index contributed by atoms with van der Waals surface area (Å²) < 4.78 is 1.32. The van der Waals surface area contributed by atoms with Crippen LogP contribution in [0.5, 0.6) is 5.75 Å². The Labute approximate surface area is 159 Å². The SMILES string of the molecule is Cc1nc2ccc(O)cc2c(=O)n1CC(=O)Nc1nc2c(s1)CCCCC2. The van der Waals surface area contributed by atoms with Crippen molar-refractivity contribution in [3.05, 3.63) is 44.9 Å². The lowest BCUT2D eigenvalue weighted by Gasteiger charge is -2.10. The van der Waals surface area contributed by atoms with Gasteiger partial charge in [-0.1, -0.05) is 6.42 Å². The molecule has 0 spiro atoms. The summed E-state index contributed by atoms with van der Waals surface area (Å²) in [5, 5.41) is 13.3. The number of hydrogen-bond acceptors (Lipinski definition) is 6. The molecule has 7 nitrogen and oxygen atoms in total. The van der Waals surface area contributed by atoms with Crippen molar-refractivity contribution in [1.29, 1.82) is 0 Å². The van der Waals surface area contributed by atoms with Crippen LogP contribution in [0.3, 0.4) is 0 Å². The van der Waals surface area contributed by atoms with Gasteiger partial charge in [-0.2, -0.15) is 0 Å². The number of carbonyl (C=O) groups excluding carboxylic acids is 1. The Kier molecular flexibility index (Phi) is 4.65. The zero-order valence-corrected chi connectivity index (χ0v) is 15.8. The first-order valence-corrected chi connectivity index (χ1v) is 9.81. The molecule has 1 aromatic carbocycles. The van der Waals surface area contributed by atoms with Gasteiger partial charge in [-0.25, -0.2) is 9.97 Å². The number of nitrogens with one attached hydrogen (secondary N) is 1. The highest BCUT2D eigenvalue weighted by atomic mass is 32.1. The largest absolute Gasteiger partial charge is 0.508 e. The Morgan fingerprint density at radius 1 is 1.26 bits per heavy atom. The number of aryl methyl sites for hydroxylation is 3. The average molecular weight is 384 g/mol. The number of hydrogen-bond donors (Lipinski definition) is 2. The van der Waals surface area contributed by atoms with Gasteiger partial charge in [0.2, 0.25) is 5.91 Å². The van der Waals surface area contributed by atoms with E-state index in [4.69, 9.17) is 0 Å². The van der Waals surface area contributed by atoms with Crippen molar-refractivity contribution in [1.82, 2.24) is 14.5 Å². The smallest absolute Gasteiger partial charge is 0.261 e. The molecule has 27 heavy (non-hydrogen) atoms. The predicted molar refractivity (Wildman–Crippen MR) is 104 cm³/mol. The second-order valence-electron chi connectivity index (χ2n) is 6.75. The quantitative estimate of drug-likeness (QED) is 0.677. The van der Waals surface area contributed by atoms with Gasteiger partial charge in [0, 0.05) is 4.88 Å². The third kappa shape index (κ3) is 3.57. The number of carbonyl (C=O) groups is 1. The first-order chi connectivity index (χ1) is 13.0. The number of aromatic hydroxyl groups is 1. The molecule has 2 heterocycles. The molecule has 0 bridgehead atoms. The summed E-state index contributed by atoms with van der Waals surface area (Å²) in [6.45, 7) is 1.54. The van der Waals surface area contributed by atoms with E-state index < -0.39 is 0 Å². The van der Waals surface area contributed by atoms with Crippen LogP contribution in [0.25, 0.3) is 10.9 Å². The van der Waals surface area contributed by atoms with Crippen molar-refractivity contribution in [2.75, 3.05) is 5.32 Å². The second kappa shape index (κ2) is 7.11. The summed E-state index contributed by atoms with van der Waals surface area (Å²) >= 11 is 1.52. The van der Waals surface area contributed by atoms with Crippen LogP contribution < -0.4 is 10.9 Å². The van der Waals surface area contributed by atoms with Crippen LogP contribution in [0.1, 0.15) is 35.7 Å². The van der Waals surface area contributed by atoms with Crippen molar-refractivity contribution in [3.63, 3.8) is 0 Å². The zero-order valence-electron chi connectivity index (χ0n) is 15.0. The first kappa shape index (κ1) is 17.7. The molecule has 1 aliphatic rings. The highest BCUT2D eigenvalue weighted by Crippen LogP contribution is 2.28. The number of phenols is 1. The Morgan fingerprint density at radius 3 is 2.93 bits per heavy atom. The molecule has 0 unspecified atom stereocenters. The Bertz CT molecular complexity index is 1060. The molecule has 1 aliphatic carbocycles. The Hall–Kier alpha value is -2.74. The van der Waals surface area contributed by atoms with Gasteiger partial charge in [-0.3, -0.25) is 14.2 Å². The lowest BCUT2D eigenvalue weighted by atomic mass is 10.2. The molecular weight excluding hydrogens is 364 g/mol. The van der Waals surface area contributed by atoms with E-state index in [1.807, 2.05) is 0 Å². The summed E-state index contributed by atoms with van der Waals surface area (Å²) in [5.74, 6) is 0.124. The second-order valence-corrected chi connectivity index (χ2v) is 7.83. The van der Waals surface area contributed by atoms with Gasteiger partial charge >= 0.3 is 0 Å². The van der Waals surface area contributed by atoms with Crippen LogP contribution in [-0.4, -0.2) is 25.5 Å². The van der Waals surface area contributed by atoms with Crippen LogP contribution in [0.4, 0.5) is 5.13 Å². The molecule has 8 heteroatoms. The van der Waals surface area contributed by atoms with Crippen LogP contribution >= 0.6 is 11.3 Å². The Morgan fingerprint density at radius 2 is 2.07 bits per heavy atom. The van der Waals surface area contributed by atoms with E-state index in [2.05, 4.69) is 15.3 Å². The standard InChI is InChI=1S/C19H20N4O3S/c1-11-20-14-8-7-12(24)9-13(14)18(26)23(11)10-17(25)22-19-21-15-5-3-2-4-6-16(15)27-19/h7-9,24H,2-6,10H2,1H3,(H,21,22,25). The minimum Gasteiger partial charge on any atom is -0.508 e. The topological polar surface area (TPSA) is 97.1 Å². The number of fused-ring (bicyclic) bond motifs is 2. The van der Waals surface area contributed by atoms with Gasteiger partial charge in [0.05, 0.1) is 16.6 Å². The summed E-state index contributed by atoms with van der Waals surface area (Å²) in [6.07, 6.45) is 5.48. The maximum absolute atomic E-state index is 12.7. The highest BCUT2D eigenvalue weighted by Gasteiger charge is 2.17. The molecule has 2 N–H and O–H groups in total. The van der Waals surface area contributed by atoms with Gasteiger partial charge in [0.25, 0.3) is 5.56 Å². The van der Waals surface area contributed by atoms with E-state index >= 15 is 0 Å². The van der Waals surface area contributed by atoms with Gasteiger partial charge in [-0.05, 0) is 50.8 Å². The number of rotatable bonds is 3. The van der Waals surface area contributed by atoms with Gasteiger partial charge in [0.1, 0.15) is 18.1 Å². The molecule has 0 aliphatic heterocycles. The minimum absolute atomic E-state index is 0.00876. The van der Waals surface area contributed by atoms with E-state index in [0.717, 1.165) is 31.4 Å². The monoisotopic (exact) mass is 384 g/mol. The van der Waals surface area contributed by atoms with Gasteiger partial charge < -0.3 is 10.4 Å². The number of nitrogens with zero attached hydrogens (tertiary/aromatic N) is 3. The lowest BCUT2D eigenvalue weighted by Crippen LogP contribution is -2.30. The fourth-order valence-corrected chi connectivity index (χ4v) is 4.46. The van der Waals surface area contributed by atoms with Crippen LogP contribution in [0.2, 0.25) is 0 Å². The molecule has 0 atom stereocenters. The molecule has 0 saturated heterocycles. The van der Waals surface area contributed by atoms with Crippen molar-refractivity contribution in [3.8, 4) is 5.75 Å². The van der Waals surface area contributed by atoms with Crippen molar-refractivity contribution < 1.29 is 9.90 Å². The van der Waals surface area contributed by atoms with Crippen LogP contribution in [0, 0.1) is 6.92 Å². The molecule has 4 rings (SSSR count). The van der Waals surface area contributed by atoms with E-state index in [1.165, 1.54) is 39.3 Å².